The first-order valence-electron chi connectivity index (χ1n) is 4.77. The molecule has 2 N–H and O–H groups in total. The summed E-state index contributed by atoms with van der Waals surface area (Å²) in [4.78, 5) is 1.27. The second-order valence-corrected chi connectivity index (χ2v) is 5.31. The van der Waals surface area contributed by atoms with E-state index in [0.29, 0.717) is 0 Å². The monoisotopic (exact) mass is 281 g/mol. The van der Waals surface area contributed by atoms with E-state index in [4.69, 9.17) is 5.73 Å². The van der Waals surface area contributed by atoms with Crippen LogP contribution in [0.3, 0.4) is 0 Å². The van der Waals surface area contributed by atoms with Gasteiger partial charge in [0.25, 0.3) is 0 Å². The maximum Gasteiger partial charge on any atom is 0.0354 e. The van der Waals surface area contributed by atoms with E-state index in [9.17, 15) is 0 Å². The van der Waals surface area contributed by atoms with Crippen molar-refractivity contribution in [3.05, 3.63) is 45.7 Å². The SMILES string of the molecule is CC(N)c1ccc(Br)c(-c2cccs2)c1. The number of hydrogen-bond donors (Lipinski definition) is 1. The molecule has 0 radical (unpaired) electrons. The van der Waals surface area contributed by atoms with Gasteiger partial charge in [-0.25, -0.2) is 0 Å². The van der Waals surface area contributed by atoms with Crippen LogP contribution in [0.1, 0.15) is 18.5 Å². The number of benzene rings is 1. The maximum atomic E-state index is 5.87. The Morgan fingerprint density at radius 2 is 2.13 bits per heavy atom. The normalized spacial score (nSPS) is 12.7. The van der Waals surface area contributed by atoms with Gasteiger partial charge in [0.05, 0.1) is 0 Å². The fourth-order valence-electron chi connectivity index (χ4n) is 1.45. The Balaban J connectivity index is 2.51. The predicted octanol–water partition coefficient (Wildman–Crippen LogP) is 4.20. The van der Waals surface area contributed by atoms with E-state index < -0.39 is 0 Å². The van der Waals surface area contributed by atoms with E-state index in [0.717, 1.165) is 4.47 Å². The van der Waals surface area contributed by atoms with Crippen LogP contribution in [0.5, 0.6) is 0 Å². The zero-order valence-corrected chi connectivity index (χ0v) is 10.8. The van der Waals surface area contributed by atoms with E-state index in [1.807, 2.05) is 6.92 Å². The molecule has 1 unspecified atom stereocenters. The smallest absolute Gasteiger partial charge is 0.0354 e. The molecule has 0 bridgehead atoms. The lowest BCUT2D eigenvalue weighted by Crippen LogP contribution is -2.04. The summed E-state index contributed by atoms with van der Waals surface area (Å²) in [5, 5.41) is 2.08. The highest BCUT2D eigenvalue weighted by atomic mass is 79.9. The molecule has 3 heteroatoms. The van der Waals surface area contributed by atoms with E-state index in [-0.39, 0.29) is 6.04 Å². The molecule has 1 heterocycles. The minimum absolute atomic E-state index is 0.0804. The van der Waals surface area contributed by atoms with Crippen LogP contribution in [-0.4, -0.2) is 0 Å². The third-order valence-corrected chi connectivity index (χ3v) is 3.90. The van der Waals surface area contributed by atoms with Crippen molar-refractivity contribution in [1.82, 2.24) is 0 Å². The Kier molecular flexibility index (Phi) is 3.24. The Morgan fingerprint density at radius 3 is 2.73 bits per heavy atom. The van der Waals surface area contributed by atoms with Gasteiger partial charge < -0.3 is 5.73 Å². The van der Waals surface area contributed by atoms with Gasteiger partial charge in [-0.05, 0) is 36.1 Å². The van der Waals surface area contributed by atoms with E-state index in [2.05, 4.69) is 51.6 Å². The number of rotatable bonds is 2. The van der Waals surface area contributed by atoms with Gasteiger partial charge in [0.15, 0.2) is 0 Å². The van der Waals surface area contributed by atoms with Crippen LogP contribution in [-0.2, 0) is 0 Å². The Hall–Kier alpha value is -0.640. The molecule has 1 nitrogen and oxygen atoms in total. The Morgan fingerprint density at radius 1 is 1.33 bits per heavy atom. The van der Waals surface area contributed by atoms with Crippen molar-refractivity contribution in [1.29, 1.82) is 0 Å². The zero-order valence-electron chi connectivity index (χ0n) is 8.41. The molecule has 1 aromatic heterocycles. The van der Waals surface area contributed by atoms with Crippen molar-refractivity contribution in [2.24, 2.45) is 5.73 Å². The minimum Gasteiger partial charge on any atom is -0.324 e. The van der Waals surface area contributed by atoms with Gasteiger partial charge in [0.1, 0.15) is 0 Å². The second-order valence-electron chi connectivity index (χ2n) is 3.51. The lowest BCUT2D eigenvalue weighted by molar-refractivity contribution is 0.818. The molecule has 0 spiro atoms. The molecule has 78 valence electrons. The molecular weight excluding hydrogens is 270 g/mol. The summed E-state index contributed by atoms with van der Waals surface area (Å²) >= 11 is 5.31. The molecule has 0 fully saturated rings. The van der Waals surface area contributed by atoms with E-state index in [1.54, 1.807) is 11.3 Å². The standard InChI is InChI=1S/C12H12BrNS/c1-8(14)9-4-5-11(13)10(7-9)12-3-2-6-15-12/h2-8H,14H2,1H3. The van der Waals surface area contributed by atoms with Crippen molar-refractivity contribution >= 4 is 27.3 Å². The molecule has 0 amide bonds. The Labute approximate surface area is 102 Å². The first kappa shape index (κ1) is 10.9. The van der Waals surface area contributed by atoms with Crippen molar-refractivity contribution < 1.29 is 0 Å². The lowest BCUT2D eigenvalue weighted by atomic mass is 10.1. The van der Waals surface area contributed by atoms with E-state index >= 15 is 0 Å². The third-order valence-electron chi connectivity index (χ3n) is 2.30. The molecule has 0 aliphatic carbocycles. The van der Waals surface area contributed by atoms with Gasteiger partial charge in [-0.2, -0.15) is 0 Å². The van der Waals surface area contributed by atoms with Crippen molar-refractivity contribution in [2.75, 3.05) is 0 Å². The predicted molar refractivity (Wildman–Crippen MR) is 70.1 cm³/mol. The molecule has 0 saturated carbocycles. The summed E-state index contributed by atoms with van der Waals surface area (Å²) < 4.78 is 1.12. The fraction of sp³-hybridized carbons (Fsp3) is 0.167. The molecule has 1 atom stereocenters. The largest absolute Gasteiger partial charge is 0.324 e. The van der Waals surface area contributed by atoms with Crippen LogP contribution in [0.2, 0.25) is 0 Å². The van der Waals surface area contributed by atoms with Crippen LogP contribution in [0.4, 0.5) is 0 Å². The van der Waals surface area contributed by atoms with Crippen molar-refractivity contribution in [2.45, 2.75) is 13.0 Å². The summed E-state index contributed by atoms with van der Waals surface area (Å²) in [6.45, 7) is 2.00. The van der Waals surface area contributed by atoms with Crippen LogP contribution in [0.25, 0.3) is 10.4 Å². The molecule has 0 aliphatic heterocycles. The van der Waals surface area contributed by atoms with Gasteiger partial charge in [-0.15, -0.1) is 11.3 Å². The topological polar surface area (TPSA) is 26.0 Å². The molecule has 2 aromatic rings. The molecule has 15 heavy (non-hydrogen) atoms. The third kappa shape index (κ3) is 2.30. The number of hydrogen-bond acceptors (Lipinski definition) is 2. The minimum atomic E-state index is 0.0804. The first-order chi connectivity index (χ1) is 7.18. The molecule has 0 saturated heterocycles. The number of thiophene rings is 1. The summed E-state index contributed by atoms with van der Waals surface area (Å²) in [6, 6.07) is 10.5. The van der Waals surface area contributed by atoms with E-state index in [1.165, 1.54) is 16.0 Å². The van der Waals surface area contributed by atoms with Gasteiger partial charge in [0.2, 0.25) is 0 Å². The number of nitrogens with two attached hydrogens (primary N) is 1. The molecular formula is C12H12BrNS. The lowest BCUT2D eigenvalue weighted by Gasteiger charge is -2.09. The average Bonchev–Trinajstić information content (AvgIpc) is 2.71. The second kappa shape index (κ2) is 4.47. The summed E-state index contributed by atoms with van der Waals surface area (Å²) in [7, 11) is 0. The van der Waals surface area contributed by atoms with Gasteiger partial charge in [-0.3, -0.25) is 0 Å². The highest BCUT2D eigenvalue weighted by molar-refractivity contribution is 9.10. The number of halogens is 1. The quantitative estimate of drug-likeness (QED) is 0.877. The maximum absolute atomic E-state index is 5.87. The highest BCUT2D eigenvalue weighted by Gasteiger charge is 2.07. The molecule has 2 rings (SSSR count). The van der Waals surface area contributed by atoms with Gasteiger partial charge in [-0.1, -0.05) is 28.1 Å². The van der Waals surface area contributed by atoms with Crippen molar-refractivity contribution in [3.8, 4) is 10.4 Å². The zero-order chi connectivity index (χ0) is 10.8. The van der Waals surface area contributed by atoms with Crippen LogP contribution in [0, 0.1) is 0 Å². The van der Waals surface area contributed by atoms with Crippen molar-refractivity contribution in [3.63, 3.8) is 0 Å². The van der Waals surface area contributed by atoms with Crippen LogP contribution >= 0.6 is 27.3 Å². The van der Waals surface area contributed by atoms with Crippen LogP contribution in [0.15, 0.2) is 40.2 Å². The average molecular weight is 282 g/mol. The highest BCUT2D eigenvalue weighted by Crippen LogP contribution is 2.33. The summed E-state index contributed by atoms with van der Waals surface area (Å²) in [5.41, 5.74) is 8.26. The van der Waals surface area contributed by atoms with Crippen LogP contribution < -0.4 is 5.73 Å². The summed E-state index contributed by atoms with van der Waals surface area (Å²) in [6.07, 6.45) is 0. The fourth-order valence-corrected chi connectivity index (χ4v) is 2.79. The summed E-state index contributed by atoms with van der Waals surface area (Å²) in [5.74, 6) is 0. The Bertz CT molecular complexity index is 449. The molecule has 0 aliphatic rings. The first-order valence-corrected chi connectivity index (χ1v) is 6.44. The van der Waals surface area contributed by atoms with Gasteiger partial charge in [0, 0.05) is 21.0 Å². The molecule has 1 aromatic carbocycles. The van der Waals surface area contributed by atoms with Gasteiger partial charge >= 0.3 is 0 Å².